The topological polar surface area (TPSA) is 39.7 Å². The third-order valence-electron chi connectivity index (χ3n) is 5.58. The van der Waals surface area contributed by atoms with E-state index >= 15 is 0 Å². The smallest absolute Gasteiger partial charge is 0.191 e. The molecule has 2 aromatic carbocycles. The van der Waals surface area contributed by atoms with Crippen molar-refractivity contribution in [3.8, 4) is 0 Å². The van der Waals surface area contributed by atoms with Crippen molar-refractivity contribution in [2.45, 2.75) is 25.7 Å². The van der Waals surface area contributed by atoms with Crippen LogP contribution in [0.1, 0.15) is 36.8 Å². The Bertz CT molecular complexity index is 673. The van der Waals surface area contributed by atoms with Crippen molar-refractivity contribution in [3.63, 3.8) is 0 Å². The quantitative estimate of drug-likeness (QED) is 0.334. The Hall–Kier alpha value is -1.60. The summed E-state index contributed by atoms with van der Waals surface area (Å²) < 4.78 is 0. The van der Waals surface area contributed by atoms with Crippen LogP contribution in [-0.4, -0.2) is 50.6 Å². The van der Waals surface area contributed by atoms with Crippen molar-refractivity contribution in [1.29, 1.82) is 0 Å². The standard InChI is InChI=1S/C24H34N4.HI/c1-3-25-24(26-18-20-14-16-28(2)17-15-20)27-19-23(21-10-6-4-7-11-21)22-12-8-5-9-13-22;/h4-13,20,23H,3,14-19H2,1-2H3,(H2,25,26,27);1H. The minimum absolute atomic E-state index is 0. The Morgan fingerprint density at radius 1 is 0.966 bits per heavy atom. The Kier molecular flexibility index (Phi) is 10.5. The maximum atomic E-state index is 4.95. The molecule has 29 heavy (non-hydrogen) atoms. The molecule has 4 nitrogen and oxygen atoms in total. The van der Waals surface area contributed by atoms with E-state index in [4.69, 9.17) is 4.99 Å². The lowest BCUT2D eigenvalue weighted by atomic mass is 9.91. The number of benzene rings is 2. The van der Waals surface area contributed by atoms with Crippen LogP contribution in [-0.2, 0) is 0 Å². The highest BCUT2D eigenvalue weighted by atomic mass is 127. The Balaban J connectivity index is 0.00000300. The summed E-state index contributed by atoms with van der Waals surface area (Å²) in [7, 11) is 2.21. The third-order valence-corrected chi connectivity index (χ3v) is 5.58. The number of guanidine groups is 1. The number of likely N-dealkylation sites (tertiary alicyclic amines) is 1. The van der Waals surface area contributed by atoms with E-state index in [1.54, 1.807) is 0 Å². The lowest BCUT2D eigenvalue weighted by Gasteiger charge is -2.29. The highest BCUT2D eigenvalue weighted by Crippen LogP contribution is 2.24. The van der Waals surface area contributed by atoms with Crippen molar-refractivity contribution in [1.82, 2.24) is 15.5 Å². The number of hydrogen-bond donors (Lipinski definition) is 2. The maximum Gasteiger partial charge on any atom is 0.191 e. The second-order valence-electron chi connectivity index (χ2n) is 7.72. The molecule has 1 aliphatic heterocycles. The zero-order valence-electron chi connectivity index (χ0n) is 17.7. The van der Waals surface area contributed by atoms with Gasteiger partial charge >= 0.3 is 0 Å². The van der Waals surface area contributed by atoms with E-state index in [2.05, 4.69) is 90.2 Å². The lowest BCUT2D eigenvalue weighted by Crippen LogP contribution is -2.42. The summed E-state index contributed by atoms with van der Waals surface area (Å²) in [6.45, 7) is 7.13. The van der Waals surface area contributed by atoms with Gasteiger partial charge in [-0.2, -0.15) is 0 Å². The predicted octanol–water partition coefficient (Wildman–Crippen LogP) is 4.33. The van der Waals surface area contributed by atoms with Crippen LogP contribution in [0.25, 0.3) is 0 Å². The molecule has 1 fully saturated rings. The molecule has 0 spiro atoms. The summed E-state index contributed by atoms with van der Waals surface area (Å²) in [4.78, 5) is 7.37. The van der Waals surface area contributed by atoms with Crippen LogP contribution in [0.5, 0.6) is 0 Å². The largest absolute Gasteiger partial charge is 0.357 e. The summed E-state index contributed by atoms with van der Waals surface area (Å²) in [6, 6.07) is 21.4. The van der Waals surface area contributed by atoms with Crippen molar-refractivity contribution in [2.24, 2.45) is 10.9 Å². The van der Waals surface area contributed by atoms with E-state index in [-0.39, 0.29) is 29.9 Å². The molecule has 0 bridgehead atoms. The third kappa shape index (κ3) is 7.63. The van der Waals surface area contributed by atoms with Crippen molar-refractivity contribution < 1.29 is 0 Å². The minimum atomic E-state index is 0. The second-order valence-corrected chi connectivity index (χ2v) is 7.72. The highest BCUT2D eigenvalue weighted by Gasteiger charge is 2.17. The van der Waals surface area contributed by atoms with Gasteiger partial charge in [0.05, 0.1) is 6.54 Å². The van der Waals surface area contributed by atoms with Crippen LogP contribution in [0.2, 0.25) is 0 Å². The number of piperidine rings is 1. The van der Waals surface area contributed by atoms with Crippen LogP contribution >= 0.6 is 24.0 Å². The fourth-order valence-corrected chi connectivity index (χ4v) is 3.81. The Morgan fingerprint density at radius 3 is 2.03 bits per heavy atom. The van der Waals surface area contributed by atoms with Crippen LogP contribution in [0.3, 0.4) is 0 Å². The van der Waals surface area contributed by atoms with Crippen LogP contribution in [0.15, 0.2) is 65.7 Å². The predicted molar refractivity (Wildman–Crippen MR) is 134 cm³/mol. The van der Waals surface area contributed by atoms with Gasteiger partial charge < -0.3 is 15.5 Å². The SMILES string of the molecule is CCNC(=NCC(c1ccccc1)c1ccccc1)NCC1CCN(C)CC1.I. The zero-order valence-corrected chi connectivity index (χ0v) is 20.0. The van der Waals surface area contributed by atoms with Gasteiger partial charge in [-0.05, 0) is 56.9 Å². The van der Waals surface area contributed by atoms with Crippen LogP contribution in [0.4, 0.5) is 0 Å². The number of rotatable bonds is 7. The van der Waals surface area contributed by atoms with Crippen molar-refractivity contribution in [2.75, 3.05) is 39.8 Å². The first-order valence-corrected chi connectivity index (χ1v) is 10.6. The summed E-state index contributed by atoms with van der Waals surface area (Å²) in [5, 5.41) is 7.00. The lowest BCUT2D eigenvalue weighted by molar-refractivity contribution is 0.220. The van der Waals surface area contributed by atoms with E-state index in [1.807, 2.05) is 0 Å². The molecule has 1 heterocycles. The van der Waals surface area contributed by atoms with Gasteiger partial charge in [0, 0.05) is 19.0 Å². The second kappa shape index (κ2) is 12.9. The van der Waals surface area contributed by atoms with E-state index in [1.165, 1.54) is 37.1 Å². The average Bonchev–Trinajstić information content (AvgIpc) is 2.75. The zero-order chi connectivity index (χ0) is 19.6. The van der Waals surface area contributed by atoms with Crippen molar-refractivity contribution in [3.05, 3.63) is 71.8 Å². The average molecular weight is 506 g/mol. The number of hydrogen-bond acceptors (Lipinski definition) is 2. The number of halogens is 1. The molecule has 0 saturated carbocycles. The molecule has 1 saturated heterocycles. The minimum Gasteiger partial charge on any atom is -0.357 e. The molecular formula is C24H35IN4. The van der Waals surface area contributed by atoms with Gasteiger partial charge in [-0.1, -0.05) is 60.7 Å². The molecule has 0 aliphatic carbocycles. The molecule has 2 N–H and O–H groups in total. The van der Waals surface area contributed by atoms with Crippen LogP contribution < -0.4 is 10.6 Å². The summed E-state index contributed by atoms with van der Waals surface area (Å²) in [5.41, 5.74) is 2.62. The molecule has 5 heteroatoms. The molecule has 2 aromatic rings. The van der Waals surface area contributed by atoms with E-state index in [0.29, 0.717) is 0 Å². The first kappa shape index (κ1) is 23.7. The molecule has 0 amide bonds. The summed E-state index contributed by atoms with van der Waals surface area (Å²) in [6.07, 6.45) is 2.53. The highest BCUT2D eigenvalue weighted by molar-refractivity contribution is 14.0. The molecule has 3 rings (SSSR count). The molecule has 0 radical (unpaired) electrons. The van der Waals surface area contributed by atoms with Crippen molar-refractivity contribution >= 4 is 29.9 Å². The van der Waals surface area contributed by atoms with Gasteiger partial charge in [0.25, 0.3) is 0 Å². The van der Waals surface area contributed by atoms with Gasteiger partial charge in [0.2, 0.25) is 0 Å². The molecular weight excluding hydrogens is 471 g/mol. The van der Waals surface area contributed by atoms with Crippen LogP contribution in [0, 0.1) is 5.92 Å². The molecule has 158 valence electrons. The molecule has 0 unspecified atom stereocenters. The number of aliphatic imine (C=N–C) groups is 1. The molecule has 0 atom stereocenters. The summed E-state index contributed by atoms with van der Waals surface area (Å²) in [5.74, 6) is 1.93. The Morgan fingerprint density at radius 2 is 1.52 bits per heavy atom. The van der Waals surface area contributed by atoms with Gasteiger partial charge in [0.15, 0.2) is 5.96 Å². The van der Waals surface area contributed by atoms with Gasteiger partial charge in [-0.3, -0.25) is 4.99 Å². The number of nitrogens with zero attached hydrogens (tertiary/aromatic N) is 2. The number of nitrogens with one attached hydrogen (secondary N) is 2. The summed E-state index contributed by atoms with van der Waals surface area (Å²) >= 11 is 0. The monoisotopic (exact) mass is 506 g/mol. The van der Waals surface area contributed by atoms with Gasteiger partial charge in [-0.25, -0.2) is 0 Å². The van der Waals surface area contributed by atoms with E-state index in [9.17, 15) is 0 Å². The first-order chi connectivity index (χ1) is 13.8. The molecule has 1 aliphatic rings. The fraction of sp³-hybridized carbons (Fsp3) is 0.458. The first-order valence-electron chi connectivity index (χ1n) is 10.6. The van der Waals surface area contributed by atoms with Gasteiger partial charge in [0.1, 0.15) is 0 Å². The van der Waals surface area contributed by atoms with E-state index < -0.39 is 0 Å². The fourth-order valence-electron chi connectivity index (χ4n) is 3.81. The van der Waals surface area contributed by atoms with E-state index in [0.717, 1.165) is 31.5 Å². The molecule has 0 aromatic heterocycles. The normalized spacial score (nSPS) is 15.8. The maximum absolute atomic E-state index is 4.95. The Labute approximate surface area is 193 Å². The van der Waals surface area contributed by atoms with Gasteiger partial charge in [-0.15, -0.1) is 24.0 Å².